The standard InChI is InChI=1S/C18H14BrNO6/c1-25-17(22)18(16(21)13-4-2-3-5-15(13)26-18)14(10-20(23)24)11-6-8-12(19)9-7-11/h2-9,14H,10H2,1H3/t14-,18-/m0/s1. The lowest BCUT2D eigenvalue weighted by Gasteiger charge is -2.30. The second kappa shape index (κ2) is 6.87. The number of nitro groups is 1. The van der Waals surface area contributed by atoms with Gasteiger partial charge in [0.25, 0.3) is 5.60 Å². The molecule has 0 aliphatic carbocycles. The third-order valence-electron chi connectivity index (χ3n) is 4.32. The summed E-state index contributed by atoms with van der Waals surface area (Å²) in [4.78, 5) is 36.5. The number of carbonyl (C=O) groups excluding carboxylic acids is 2. The number of benzene rings is 2. The van der Waals surface area contributed by atoms with Gasteiger partial charge in [0.1, 0.15) is 11.7 Å². The van der Waals surface area contributed by atoms with Crippen LogP contribution in [0.1, 0.15) is 21.8 Å². The molecule has 1 heterocycles. The molecule has 0 N–H and O–H groups in total. The molecule has 26 heavy (non-hydrogen) atoms. The van der Waals surface area contributed by atoms with Crippen molar-refractivity contribution in [3.05, 3.63) is 74.2 Å². The summed E-state index contributed by atoms with van der Waals surface area (Å²) in [6.45, 7) is -0.670. The number of hydrogen-bond donors (Lipinski definition) is 0. The first-order valence-corrected chi connectivity index (χ1v) is 8.48. The molecule has 0 saturated heterocycles. The van der Waals surface area contributed by atoms with E-state index in [2.05, 4.69) is 15.9 Å². The van der Waals surface area contributed by atoms with Gasteiger partial charge in [-0.25, -0.2) is 4.79 Å². The van der Waals surface area contributed by atoms with E-state index in [1.54, 1.807) is 42.5 Å². The fourth-order valence-corrected chi connectivity index (χ4v) is 3.40. The minimum absolute atomic E-state index is 0.198. The fourth-order valence-electron chi connectivity index (χ4n) is 3.13. The van der Waals surface area contributed by atoms with Crippen LogP contribution in [-0.2, 0) is 9.53 Å². The molecule has 2 atom stereocenters. The molecular weight excluding hydrogens is 406 g/mol. The second-order valence-corrected chi connectivity index (χ2v) is 6.69. The Kier molecular flexibility index (Phi) is 4.78. The molecule has 0 fully saturated rings. The van der Waals surface area contributed by atoms with Crippen LogP contribution in [0.4, 0.5) is 0 Å². The summed E-state index contributed by atoms with van der Waals surface area (Å²) < 4.78 is 11.4. The van der Waals surface area contributed by atoms with Crippen molar-refractivity contribution in [2.24, 2.45) is 0 Å². The third-order valence-corrected chi connectivity index (χ3v) is 4.85. The van der Waals surface area contributed by atoms with Crippen molar-refractivity contribution < 1.29 is 24.0 Å². The monoisotopic (exact) mass is 419 g/mol. The SMILES string of the molecule is COC(=O)[C@@]1([C@@H](C[N+](=O)[O-])c2ccc(Br)cc2)Oc2ccccc2C1=O. The Bertz CT molecular complexity index is 882. The summed E-state index contributed by atoms with van der Waals surface area (Å²) in [6, 6.07) is 12.9. The van der Waals surface area contributed by atoms with E-state index >= 15 is 0 Å². The molecule has 1 aliphatic rings. The van der Waals surface area contributed by atoms with Crippen molar-refractivity contribution >= 4 is 27.7 Å². The molecule has 0 radical (unpaired) electrons. The number of ketones is 1. The molecule has 2 aromatic carbocycles. The number of ether oxygens (including phenoxy) is 2. The Hall–Kier alpha value is -2.74. The Labute approximate surface area is 157 Å². The van der Waals surface area contributed by atoms with Crippen LogP contribution in [0.15, 0.2) is 53.0 Å². The van der Waals surface area contributed by atoms with Crippen molar-refractivity contribution in [1.82, 2.24) is 0 Å². The maximum Gasteiger partial charge on any atom is 0.359 e. The van der Waals surface area contributed by atoms with Gasteiger partial charge in [-0.2, -0.15) is 0 Å². The van der Waals surface area contributed by atoms with Crippen LogP contribution in [0.3, 0.4) is 0 Å². The van der Waals surface area contributed by atoms with E-state index in [-0.39, 0.29) is 11.3 Å². The van der Waals surface area contributed by atoms with E-state index in [1.165, 1.54) is 6.07 Å². The summed E-state index contributed by atoms with van der Waals surface area (Å²) in [5, 5.41) is 11.3. The molecule has 0 amide bonds. The van der Waals surface area contributed by atoms with Gasteiger partial charge < -0.3 is 9.47 Å². The first-order valence-electron chi connectivity index (χ1n) is 7.68. The summed E-state index contributed by atoms with van der Waals surface area (Å²) in [5.74, 6) is -2.56. The lowest BCUT2D eigenvalue weighted by Crippen LogP contribution is -2.55. The lowest BCUT2D eigenvalue weighted by molar-refractivity contribution is -0.485. The van der Waals surface area contributed by atoms with E-state index in [0.29, 0.717) is 5.56 Å². The van der Waals surface area contributed by atoms with Crippen LogP contribution >= 0.6 is 15.9 Å². The lowest BCUT2D eigenvalue weighted by atomic mass is 9.78. The number of esters is 1. The molecule has 0 unspecified atom stereocenters. The Morgan fingerprint density at radius 2 is 1.92 bits per heavy atom. The number of hydrogen-bond acceptors (Lipinski definition) is 6. The average molecular weight is 420 g/mol. The van der Waals surface area contributed by atoms with Crippen LogP contribution in [0.25, 0.3) is 0 Å². The predicted molar refractivity (Wildman–Crippen MR) is 94.9 cm³/mol. The van der Waals surface area contributed by atoms with Gasteiger partial charge in [0, 0.05) is 9.40 Å². The highest BCUT2D eigenvalue weighted by molar-refractivity contribution is 9.10. The molecule has 3 rings (SSSR count). The highest BCUT2D eigenvalue weighted by Gasteiger charge is 2.62. The van der Waals surface area contributed by atoms with Crippen molar-refractivity contribution in [3.63, 3.8) is 0 Å². The van der Waals surface area contributed by atoms with E-state index < -0.39 is 34.7 Å². The maximum absolute atomic E-state index is 13.1. The number of fused-ring (bicyclic) bond motifs is 1. The first-order chi connectivity index (χ1) is 12.4. The molecular formula is C18H14BrNO6. The molecule has 134 valence electrons. The van der Waals surface area contributed by atoms with E-state index in [0.717, 1.165) is 11.6 Å². The van der Waals surface area contributed by atoms with Gasteiger partial charge in [0.15, 0.2) is 0 Å². The molecule has 1 aliphatic heterocycles. The van der Waals surface area contributed by atoms with Gasteiger partial charge in [0.05, 0.1) is 12.7 Å². The highest BCUT2D eigenvalue weighted by atomic mass is 79.9. The molecule has 0 spiro atoms. The average Bonchev–Trinajstić information content (AvgIpc) is 2.93. The normalized spacial score (nSPS) is 19.4. The fraction of sp³-hybridized carbons (Fsp3) is 0.222. The Balaban J connectivity index is 2.19. The number of nitrogens with zero attached hydrogens (tertiary/aromatic N) is 1. The van der Waals surface area contributed by atoms with Crippen molar-refractivity contribution in [2.75, 3.05) is 13.7 Å². The summed E-state index contributed by atoms with van der Waals surface area (Å²) in [6.07, 6.45) is 0. The van der Waals surface area contributed by atoms with E-state index in [1.807, 2.05) is 0 Å². The van der Waals surface area contributed by atoms with Gasteiger partial charge in [0.2, 0.25) is 12.3 Å². The van der Waals surface area contributed by atoms with E-state index in [9.17, 15) is 19.7 Å². The van der Waals surface area contributed by atoms with Crippen LogP contribution < -0.4 is 4.74 Å². The van der Waals surface area contributed by atoms with Gasteiger partial charge in [-0.3, -0.25) is 14.9 Å². The smallest absolute Gasteiger partial charge is 0.359 e. The number of methoxy groups -OCH3 is 1. The molecule has 8 heteroatoms. The maximum atomic E-state index is 13.1. The van der Waals surface area contributed by atoms with Crippen molar-refractivity contribution in [3.8, 4) is 5.75 Å². The quantitative estimate of drug-likeness (QED) is 0.320. The highest BCUT2D eigenvalue weighted by Crippen LogP contribution is 2.44. The topological polar surface area (TPSA) is 95.7 Å². The number of halogens is 1. The predicted octanol–water partition coefficient (Wildman–Crippen LogP) is 3.00. The Morgan fingerprint density at radius 1 is 1.27 bits per heavy atom. The van der Waals surface area contributed by atoms with Crippen LogP contribution in [-0.4, -0.2) is 35.9 Å². The number of carbonyl (C=O) groups is 2. The minimum Gasteiger partial charge on any atom is -0.466 e. The van der Waals surface area contributed by atoms with Crippen molar-refractivity contribution in [2.45, 2.75) is 11.5 Å². The molecule has 0 saturated carbocycles. The summed E-state index contributed by atoms with van der Waals surface area (Å²) in [5.41, 5.74) is -1.51. The van der Waals surface area contributed by atoms with Crippen LogP contribution in [0, 0.1) is 10.1 Å². The van der Waals surface area contributed by atoms with Crippen molar-refractivity contribution in [1.29, 1.82) is 0 Å². The third kappa shape index (κ3) is 2.86. The number of rotatable bonds is 5. The zero-order chi connectivity index (χ0) is 18.9. The van der Waals surface area contributed by atoms with Gasteiger partial charge >= 0.3 is 5.97 Å². The molecule has 0 aromatic heterocycles. The minimum atomic E-state index is -2.14. The second-order valence-electron chi connectivity index (χ2n) is 5.77. The van der Waals surface area contributed by atoms with Gasteiger partial charge in [-0.05, 0) is 29.8 Å². The molecule has 2 aromatic rings. The van der Waals surface area contributed by atoms with Crippen LogP contribution in [0.2, 0.25) is 0 Å². The zero-order valence-electron chi connectivity index (χ0n) is 13.7. The largest absolute Gasteiger partial charge is 0.466 e. The number of Topliss-reactive ketones (excluding diaryl/α,β-unsaturated/α-hetero) is 1. The van der Waals surface area contributed by atoms with Crippen LogP contribution in [0.5, 0.6) is 5.75 Å². The van der Waals surface area contributed by atoms with E-state index in [4.69, 9.17) is 9.47 Å². The summed E-state index contributed by atoms with van der Waals surface area (Å²) in [7, 11) is 1.12. The molecule has 0 bridgehead atoms. The van der Waals surface area contributed by atoms with Gasteiger partial charge in [-0.1, -0.05) is 40.2 Å². The zero-order valence-corrected chi connectivity index (χ0v) is 15.3. The Morgan fingerprint density at radius 3 is 2.50 bits per heavy atom. The molecule has 7 nitrogen and oxygen atoms in total. The summed E-state index contributed by atoms with van der Waals surface area (Å²) >= 11 is 3.30. The number of para-hydroxylation sites is 1. The first kappa shape index (κ1) is 18.1. The van der Waals surface area contributed by atoms with Gasteiger partial charge in [-0.15, -0.1) is 0 Å².